The first-order chi connectivity index (χ1) is 11.0. The van der Waals surface area contributed by atoms with Crippen molar-refractivity contribution in [1.29, 1.82) is 5.26 Å². The quantitative estimate of drug-likeness (QED) is 0.384. The van der Waals surface area contributed by atoms with Crippen LogP contribution in [0.4, 0.5) is 27.6 Å². The Hall–Kier alpha value is -2.97. The first-order valence-corrected chi connectivity index (χ1v) is 5.85. The van der Waals surface area contributed by atoms with Gasteiger partial charge in [0, 0.05) is 7.05 Å². The van der Waals surface area contributed by atoms with E-state index in [0.717, 1.165) is 14.2 Å². The Bertz CT molecular complexity index is 727. The highest BCUT2D eigenvalue weighted by atomic mass is 19.4. The number of pyridine rings is 1. The van der Waals surface area contributed by atoms with Crippen molar-refractivity contribution in [3.63, 3.8) is 0 Å². The van der Waals surface area contributed by atoms with Gasteiger partial charge in [0.05, 0.1) is 12.8 Å². The van der Waals surface area contributed by atoms with Crippen molar-refractivity contribution in [2.75, 3.05) is 19.1 Å². The molecular weight excluding hydrogens is 345 g/mol. The Morgan fingerprint density at radius 3 is 2.21 bits per heavy atom. The van der Waals surface area contributed by atoms with Crippen molar-refractivity contribution in [3.05, 3.63) is 22.5 Å². The third kappa shape index (κ3) is 3.34. The molecule has 0 bridgehead atoms. The number of carboxylic acids is 1. The summed E-state index contributed by atoms with van der Waals surface area (Å²) in [5.41, 5.74) is -7.83. The predicted molar refractivity (Wildman–Crippen MR) is 66.5 cm³/mol. The number of aromatic carboxylic acids is 1. The molecule has 0 spiro atoms. The number of halogens is 5. The molecule has 0 amide bonds. The lowest BCUT2D eigenvalue weighted by Gasteiger charge is -2.21. The van der Waals surface area contributed by atoms with E-state index in [-0.39, 0.29) is 4.90 Å². The molecule has 0 atom stereocenters. The van der Waals surface area contributed by atoms with Crippen molar-refractivity contribution >= 4 is 17.6 Å². The van der Waals surface area contributed by atoms with E-state index in [0.29, 0.717) is 0 Å². The number of rotatable bonds is 4. The maximum absolute atomic E-state index is 13.1. The van der Waals surface area contributed by atoms with Crippen LogP contribution < -0.4 is 4.90 Å². The molecule has 24 heavy (non-hydrogen) atoms. The predicted octanol–water partition coefficient (Wildman–Crippen LogP) is 2.44. The summed E-state index contributed by atoms with van der Waals surface area (Å²) < 4.78 is 69.4. The zero-order valence-electron chi connectivity index (χ0n) is 12.0. The molecule has 1 aromatic rings. The number of carbonyl (C=O) groups is 2. The van der Waals surface area contributed by atoms with Gasteiger partial charge in [-0.15, -0.1) is 0 Å². The van der Waals surface area contributed by atoms with Gasteiger partial charge in [0.25, 0.3) is 6.43 Å². The number of ether oxygens (including phenoxy) is 1. The van der Waals surface area contributed by atoms with Gasteiger partial charge < -0.3 is 9.84 Å². The molecule has 0 saturated carbocycles. The maximum atomic E-state index is 13.1. The minimum Gasteiger partial charge on any atom is -0.478 e. The van der Waals surface area contributed by atoms with Crippen LogP contribution in [0.25, 0.3) is 0 Å². The van der Waals surface area contributed by atoms with Crippen LogP contribution in [0.15, 0.2) is 0 Å². The molecule has 0 aliphatic heterocycles. The van der Waals surface area contributed by atoms with E-state index in [9.17, 15) is 31.5 Å². The first-order valence-electron chi connectivity index (χ1n) is 5.85. The highest BCUT2D eigenvalue weighted by molar-refractivity contribution is 6.06. The van der Waals surface area contributed by atoms with E-state index in [1.807, 2.05) is 0 Å². The van der Waals surface area contributed by atoms with E-state index < -0.39 is 52.7 Å². The Kier molecular flexibility index (Phi) is 5.29. The molecule has 0 fully saturated rings. The van der Waals surface area contributed by atoms with Crippen LogP contribution in [0.2, 0.25) is 0 Å². The highest BCUT2D eigenvalue weighted by Crippen LogP contribution is 2.40. The third-order valence-corrected chi connectivity index (χ3v) is 2.76. The number of hydrogen-bond donors (Lipinski definition) is 1. The molecule has 1 N–H and O–H groups in total. The number of esters is 1. The van der Waals surface area contributed by atoms with Crippen LogP contribution in [-0.4, -0.2) is 36.2 Å². The summed E-state index contributed by atoms with van der Waals surface area (Å²) >= 11 is 0. The fourth-order valence-corrected chi connectivity index (χ4v) is 1.85. The van der Waals surface area contributed by atoms with Gasteiger partial charge in [-0.05, 0) is 0 Å². The molecule has 1 rings (SSSR count). The molecule has 12 heteroatoms. The van der Waals surface area contributed by atoms with Gasteiger partial charge in [0.1, 0.15) is 16.8 Å². The van der Waals surface area contributed by atoms with Gasteiger partial charge in [0.15, 0.2) is 11.9 Å². The van der Waals surface area contributed by atoms with Crippen molar-refractivity contribution < 1.29 is 41.4 Å². The number of carbonyl (C=O) groups excluding carboxylic acids is 1. The molecule has 7 nitrogen and oxygen atoms in total. The largest absolute Gasteiger partial charge is 0.478 e. The summed E-state index contributed by atoms with van der Waals surface area (Å²) in [6.07, 6.45) is -7.82. The van der Waals surface area contributed by atoms with Crippen LogP contribution in [0.5, 0.6) is 0 Å². The SMILES string of the molecule is COC(=O)c1c(C(F)F)nc(C(F)(F)F)c(C(=O)O)c1N(C)C#N. The van der Waals surface area contributed by atoms with Gasteiger partial charge in [-0.1, -0.05) is 0 Å². The maximum Gasteiger partial charge on any atom is 0.434 e. The molecule has 0 aliphatic carbocycles. The van der Waals surface area contributed by atoms with Crippen molar-refractivity contribution in [1.82, 2.24) is 4.98 Å². The average Bonchev–Trinajstić information content (AvgIpc) is 2.49. The smallest absolute Gasteiger partial charge is 0.434 e. The second-order valence-electron chi connectivity index (χ2n) is 4.20. The van der Waals surface area contributed by atoms with Gasteiger partial charge >= 0.3 is 18.1 Å². The fourth-order valence-electron chi connectivity index (χ4n) is 1.85. The monoisotopic (exact) mass is 353 g/mol. The number of hydrogen-bond acceptors (Lipinski definition) is 6. The van der Waals surface area contributed by atoms with E-state index in [1.54, 1.807) is 0 Å². The molecule has 1 heterocycles. The van der Waals surface area contributed by atoms with Crippen LogP contribution in [0.1, 0.15) is 38.5 Å². The number of aromatic nitrogens is 1. The van der Waals surface area contributed by atoms with E-state index in [4.69, 9.17) is 10.4 Å². The summed E-state index contributed by atoms with van der Waals surface area (Å²) in [5, 5.41) is 17.9. The second kappa shape index (κ2) is 6.65. The van der Waals surface area contributed by atoms with Crippen molar-refractivity contribution in [2.45, 2.75) is 12.6 Å². The molecular formula is C12H8F5N3O4. The van der Waals surface area contributed by atoms with Gasteiger partial charge in [-0.3, -0.25) is 4.90 Å². The Morgan fingerprint density at radius 2 is 1.88 bits per heavy atom. The van der Waals surface area contributed by atoms with E-state index in [2.05, 4.69) is 9.72 Å². The number of nitriles is 1. The van der Waals surface area contributed by atoms with Crippen molar-refractivity contribution in [3.8, 4) is 6.19 Å². The fraction of sp³-hybridized carbons (Fsp3) is 0.333. The molecule has 0 aliphatic rings. The summed E-state index contributed by atoms with van der Waals surface area (Å²) in [6, 6.07) is 0. The highest BCUT2D eigenvalue weighted by Gasteiger charge is 2.43. The Morgan fingerprint density at radius 1 is 1.33 bits per heavy atom. The second-order valence-corrected chi connectivity index (χ2v) is 4.20. The van der Waals surface area contributed by atoms with Crippen LogP contribution in [0, 0.1) is 11.5 Å². The molecule has 130 valence electrons. The number of anilines is 1. The Balaban J connectivity index is 4.16. The minimum absolute atomic E-state index is 0.235. The van der Waals surface area contributed by atoms with Crippen LogP contribution in [-0.2, 0) is 10.9 Å². The van der Waals surface area contributed by atoms with E-state index >= 15 is 0 Å². The summed E-state index contributed by atoms with van der Waals surface area (Å²) in [6.45, 7) is 0. The minimum atomic E-state index is -5.42. The molecule has 0 radical (unpaired) electrons. The normalized spacial score (nSPS) is 11.1. The third-order valence-electron chi connectivity index (χ3n) is 2.76. The Labute approximate surface area is 130 Å². The molecule has 0 aromatic carbocycles. The van der Waals surface area contributed by atoms with E-state index in [1.165, 1.54) is 6.19 Å². The number of carboxylic acid groups (broad SMARTS) is 1. The van der Waals surface area contributed by atoms with Gasteiger partial charge in [-0.25, -0.2) is 23.4 Å². The number of methoxy groups -OCH3 is 1. The molecule has 0 saturated heterocycles. The number of alkyl halides is 5. The van der Waals surface area contributed by atoms with Gasteiger partial charge in [0.2, 0.25) is 0 Å². The molecule has 1 aromatic heterocycles. The number of nitrogens with zero attached hydrogens (tertiary/aromatic N) is 3. The summed E-state index contributed by atoms with van der Waals surface area (Å²) in [7, 11) is 1.54. The van der Waals surface area contributed by atoms with Crippen LogP contribution in [0.3, 0.4) is 0 Å². The van der Waals surface area contributed by atoms with Gasteiger partial charge in [-0.2, -0.15) is 18.4 Å². The standard InChI is InChI=1S/C12H8F5N3O4/c1-20(3-18)7-4(11(23)24-2)6(9(13)14)19-8(12(15,16)17)5(7)10(21)22/h9H,1-2H3,(H,21,22). The average molecular weight is 353 g/mol. The topological polar surface area (TPSA) is 104 Å². The summed E-state index contributed by atoms with van der Waals surface area (Å²) in [4.78, 5) is 25.8. The lowest BCUT2D eigenvalue weighted by molar-refractivity contribution is -0.142. The first kappa shape index (κ1) is 19.1. The molecule has 0 unspecified atom stereocenters. The lowest BCUT2D eigenvalue weighted by atomic mass is 10.0. The summed E-state index contributed by atoms with van der Waals surface area (Å²) in [5.74, 6) is -3.77. The zero-order chi connectivity index (χ0) is 18.8. The van der Waals surface area contributed by atoms with Crippen molar-refractivity contribution in [2.24, 2.45) is 0 Å². The lowest BCUT2D eigenvalue weighted by Crippen LogP contribution is -2.26. The zero-order valence-corrected chi connectivity index (χ0v) is 12.0. The van der Waals surface area contributed by atoms with Crippen LogP contribution >= 0.6 is 0 Å².